The first kappa shape index (κ1) is 19.9. The Kier molecular flexibility index (Phi) is 6.26. The first-order valence-electron chi connectivity index (χ1n) is 9.74. The van der Waals surface area contributed by atoms with Gasteiger partial charge >= 0.3 is 0 Å². The molecule has 0 saturated heterocycles. The fourth-order valence-corrected chi connectivity index (χ4v) is 3.97. The summed E-state index contributed by atoms with van der Waals surface area (Å²) < 4.78 is 0. The third-order valence-electron chi connectivity index (χ3n) is 4.81. The van der Waals surface area contributed by atoms with Crippen LogP contribution in [0.1, 0.15) is 10.4 Å². The highest BCUT2D eigenvalue weighted by Gasteiger charge is 2.09. The van der Waals surface area contributed by atoms with Crippen LogP contribution in [0.3, 0.4) is 0 Å². The number of hydrogen-bond donors (Lipinski definition) is 1. The highest BCUT2D eigenvalue weighted by Crippen LogP contribution is 2.21. The van der Waals surface area contributed by atoms with Gasteiger partial charge in [-0.05, 0) is 34.0 Å². The maximum Gasteiger partial charge on any atom is 0.234 e. The summed E-state index contributed by atoms with van der Waals surface area (Å²) in [5, 5.41) is 5.12. The zero-order valence-electron chi connectivity index (χ0n) is 16.4. The SMILES string of the molecule is O=C(CSCC(=O)c1ccc(-c2ccccc2)cc1)Nc1ccc2ccccc2c1. The summed E-state index contributed by atoms with van der Waals surface area (Å²) >= 11 is 1.33. The summed E-state index contributed by atoms with van der Waals surface area (Å²) in [6.07, 6.45) is 0. The number of amides is 1. The van der Waals surface area contributed by atoms with E-state index in [1.165, 1.54) is 11.8 Å². The van der Waals surface area contributed by atoms with Gasteiger partial charge in [0.1, 0.15) is 0 Å². The molecule has 0 aliphatic carbocycles. The number of rotatable bonds is 7. The Hall–Kier alpha value is -3.37. The molecule has 4 heteroatoms. The average Bonchev–Trinajstić information content (AvgIpc) is 2.79. The van der Waals surface area contributed by atoms with Crippen molar-refractivity contribution in [2.24, 2.45) is 0 Å². The van der Waals surface area contributed by atoms with Gasteiger partial charge in [-0.15, -0.1) is 11.8 Å². The first-order chi connectivity index (χ1) is 14.7. The molecule has 0 spiro atoms. The van der Waals surface area contributed by atoms with Crippen molar-refractivity contribution in [1.82, 2.24) is 0 Å². The van der Waals surface area contributed by atoms with Crippen LogP contribution >= 0.6 is 11.8 Å². The van der Waals surface area contributed by atoms with Crippen LogP contribution in [0.4, 0.5) is 5.69 Å². The smallest absolute Gasteiger partial charge is 0.234 e. The zero-order valence-corrected chi connectivity index (χ0v) is 17.2. The minimum absolute atomic E-state index is 0.0260. The van der Waals surface area contributed by atoms with E-state index in [-0.39, 0.29) is 23.2 Å². The van der Waals surface area contributed by atoms with E-state index in [0.717, 1.165) is 27.6 Å². The highest BCUT2D eigenvalue weighted by atomic mass is 32.2. The highest BCUT2D eigenvalue weighted by molar-refractivity contribution is 8.00. The van der Waals surface area contributed by atoms with Crippen LogP contribution in [0.15, 0.2) is 97.1 Å². The summed E-state index contributed by atoms with van der Waals surface area (Å²) in [4.78, 5) is 24.7. The maximum atomic E-state index is 12.4. The molecule has 1 amide bonds. The minimum atomic E-state index is -0.109. The monoisotopic (exact) mass is 411 g/mol. The molecular weight excluding hydrogens is 390 g/mol. The number of thioether (sulfide) groups is 1. The molecule has 30 heavy (non-hydrogen) atoms. The second-order valence-corrected chi connectivity index (χ2v) is 7.96. The van der Waals surface area contributed by atoms with E-state index in [2.05, 4.69) is 5.32 Å². The fraction of sp³-hybridized carbons (Fsp3) is 0.0769. The Morgan fingerprint density at radius 2 is 1.33 bits per heavy atom. The van der Waals surface area contributed by atoms with Crippen molar-refractivity contribution in [3.8, 4) is 11.1 Å². The van der Waals surface area contributed by atoms with Crippen LogP contribution in [-0.4, -0.2) is 23.2 Å². The van der Waals surface area contributed by atoms with Crippen LogP contribution in [0, 0.1) is 0 Å². The summed E-state index contributed by atoms with van der Waals surface area (Å²) in [6, 6.07) is 31.5. The van der Waals surface area contributed by atoms with Gasteiger partial charge in [0.15, 0.2) is 5.78 Å². The molecule has 0 aliphatic rings. The second-order valence-electron chi connectivity index (χ2n) is 6.97. The van der Waals surface area contributed by atoms with Gasteiger partial charge in [-0.2, -0.15) is 0 Å². The number of hydrogen-bond acceptors (Lipinski definition) is 3. The van der Waals surface area contributed by atoms with E-state index >= 15 is 0 Å². The maximum absolute atomic E-state index is 12.4. The van der Waals surface area contributed by atoms with Crippen molar-refractivity contribution in [3.63, 3.8) is 0 Å². The van der Waals surface area contributed by atoms with Crippen molar-refractivity contribution < 1.29 is 9.59 Å². The van der Waals surface area contributed by atoms with Gasteiger partial charge in [0.2, 0.25) is 5.91 Å². The molecule has 4 rings (SSSR count). The molecule has 0 unspecified atom stereocenters. The molecule has 148 valence electrons. The van der Waals surface area contributed by atoms with Crippen LogP contribution in [0.2, 0.25) is 0 Å². The predicted molar refractivity (Wildman–Crippen MR) is 126 cm³/mol. The van der Waals surface area contributed by atoms with Crippen molar-refractivity contribution in [1.29, 1.82) is 0 Å². The lowest BCUT2D eigenvalue weighted by Crippen LogP contribution is -2.15. The number of Topliss-reactive ketones (excluding diaryl/α,β-unsaturated/α-hetero) is 1. The standard InChI is InChI=1S/C26H21NO2S/c28-25(22-12-10-21(11-13-22)19-6-2-1-3-7-19)17-30-18-26(29)27-24-15-14-20-8-4-5-9-23(20)16-24/h1-16H,17-18H2,(H,27,29). The van der Waals surface area contributed by atoms with Crippen molar-refractivity contribution >= 4 is 39.9 Å². The summed E-state index contributed by atoms with van der Waals surface area (Å²) in [7, 11) is 0. The normalized spacial score (nSPS) is 10.7. The minimum Gasteiger partial charge on any atom is -0.325 e. The largest absolute Gasteiger partial charge is 0.325 e. The predicted octanol–water partition coefficient (Wildman–Crippen LogP) is 6.06. The van der Waals surface area contributed by atoms with E-state index in [1.54, 1.807) is 0 Å². The lowest BCUT2D eigenvalue weighted by molar-refractivity contribution is -0.113. The molecule has 0 atom stereocenters. The summed E-state index contributed by atoms with van der Waals surface area (Å²) in [5.41, 5.74) is 3.63. The molecule has 0 fully saturated rings. The second kappa shape index (κ2) is 9.42. The lowest BCUT2D eigenvalue weighted by Gasteiger charge is -2.07. The number of carbonyl (C=O) groups excluding carboxylic acids is 2. The van der Waals surface area contributed by atoms with E-state index in [1.807, 2.05) is 97.1 Å². The number of anilines is 1. The molecule has 0 radical (unpaired) electrons. The number of fused-ring (bicyclic) bond motifs is 1. The van der Waals surface area contributed by atoms with Crippen molar-refractivity contribution in [2.45, 2.75) is 0 Å². The molecular formula is C26H21NO2S. The molecule has 0 aromatic heterocycles. The number of benzene rings is 4. The van der Waals surface area contributed by atoms with Gasteiger partial charge in [-0.1, -0.05) is 84.9 Å². The summed E-state index contributed by atoms with van der Waals surface area (Å²) in [5.74, 6) is 0.428. The third-order valence-corrected chi connectivity index (χ3v) is 5.75. The molecule has 1 N–H and O–H groups in total. The Morgan fingerprint density at radius 3 is 2.10 bits per heavy atom. The molecule has 0 aliphatic heterocycles. The van der Waals surface area contributed by atoms with Crippen LogP contribution in [0.5, 0.6) is 0 Å². The summed E-state index contributed by atoms with van der Waals surface area (Å²) in [6.45, 7) is 0. The molecule has 3 nitrogen and oxygen atoms in total. The van der Waals surface area contributed by atoms with E-state index < -0.39 is 0 Å². The Morgan fingerprint density at radius 1 is 0.667 bits per heavy atom. The van der Waals surface area contributed by atoms with E-state index in [9.17, 15) is 9.59 Å². The van der Waals surface area contributed by atoms with E-state index in [0.29, 0.717) is 5.56 Å². The number of carbonyl (C=O) groups is 2. The molecule has 0 saturated carbocycles. The van der Waals surface area contributed by atoms with Crippen LogP contribution in [-0.2, 0) is 4.79 Å². The van der Waals surface area contributed by atoms with Gasteiger partial charge in [-0.3, -0.25) is 9.59 Å². The van der Waals surface area contributed by atoms with E-state index in [4.69, 9.17) is 0 Å². The number of ketones is 1. The first-order valence-corrected chi connectivity index (χ1v) is 10.9. The quantitative estimate of drug-likeness (QED) is 0.376. The molecule has 0 bridgehead atoms. The Balaban J connectivity index is 1.28. The van der Waals surface area contributed by atoms with Crippen LogP contribution < -0.4 is 5.32 Å². The van der Waals surface area contributed by atoms with Crippen LogP contribution in [0.25, 0.3) is 21.9 Å². The molecule has 0 heterocycles. The lowest BCUT2D eigenvalue weighted by atomic mass is 10.0. The van der Waals surface area contributed by atoms with Gasteiger partial charge in [0.25, 0.3) is 0 Å². The Labute approximate surface area is 180 Å². The zero-order chi connectivity index (χ0) is 20.8. The van der Waals surface area contributed by atoms with Gasteiger partial charge in [-0.25, -0.2) is 0 Å². The van der Waals surface area contributed by atoms with Gasteiger partial charge in [0.05, 0.1) is 11.5 Å². The van der Waals surface area contributed by atoms with Crippen molar-refractivity contribution in [2.75, 3.05) is 16.8 Å². The van der Waals surface area contributed by atoms with Gasteiger partial charge in [0, 0.05) is 11.3 Å². The van der Waals surface area contributed by atoms with Crippen molar-refractivity contribution in [3.05, 3.63) is 103 Å². The fourth-order valence-electron chi connectivity index (χ4n) is 3.26. The topological polar surface area (TPSA) is 46.2 Å². The van der Waals surface area contributed by atoms with Gasteiger partial charge < -0.3 is 5.32 Å². The Bertz CT molecular complexity index is 1170. The average molecular weight is 412 g/mol. The number of nitrogens with one attached hydrogen (secondary N) is 1. The molecule has 4 aromatic carbocycles. The third kappa shape index (κ3) is 4.97. The molecule has 4 aromatic rings.